The van der Waals surface area contributed by atoms with Gasteiger partial charge in [0, 0.05) is 23.6 Å². The molecule has 4 rings (SSSR count). The molecule has 3 nitrogen and oxygen atoms in total. The lowest BCUT2D eigenvalue weighted by atomic mass is 10.0. The molecule has 0 fully saturated rings. The summed E-state index contributed by atoms with van der Waals surface area (Å²) in [5, 5.41) is 4.29. The molecule has 4 aromatic rings. The molecule has 0 N–H and O–H groups in total. The summed E-state index contributed by atoms with van der Waals surface area (Å²) in [5.41, 5.74) is -0.512. The lowest BCUT2D eigenvalue weighted by Gasteiger charge is -2.43. The Morgan fingerprint density at radius 3 is 1.28 bits per heavy atom. The largest absolute Gasteiger partial charge is 0.407 e. The van der Waals surface area contributed by atoms with Gasteiger partial charge in [0.1, 0.15) is 5.78 Å². The van der Waals surface area contributed by atoms with Crippen LogP contribution in [0, 0.1) is 0 Å². The smallest absolute Gasteiger partial charge is 0.261 e. The van der Waals surface area contributed by atoms with E-state index in [9.17, 15) is 9.36 Å². The monoisotopic (exact) mass is 708 g/mol. The molecule has 0 saturated heterocycles. The molecule has 0 aliphatic heterocycles. The number of Topliss-reactive ketones (excluding diaryl/α,β-unsaturated/α-hetero) is 1. The number of carbonyl (C=O) groups excluding carboxylic acids is 1. The first-order valence-electron chi connectivity index (χ1n) is 19.2. The molecule has 0 spiro atoms. The van der Waals surface area contributed by atoms with Crippen molar-refractivity contribution in [2.45, 2.75) is 122 Å². The van der Waals surface area contributed by atoms with Crippen LogP contribution in [0.3, 0.4) is 0 Å². The van der Waals surface area contributed by atoms with Gasteiger partial charge in [0.05, 0.1) is 5.66 Å². The minimum atomic E-state index is -3.05. The van der Waals surface area contributed by atoms with Crippen LogP contribution in [0.15, 0.2) is 121 Å². The lowest BCUT2D eigenvalue weighted by Crippen LogP contribution is -2.66. The molecule has 50 heavy (non-hydrogen) atoms. The fraction of sp³-hybridized carbons (Fsp3) is 0.444. The maximum absolute atomic E-state index is 14.4. The predicted octanol–water partition coefficient (Wildman–Crippen LogP) is 10.6. The Kier molecular flexibility index (Phi) is 16.0. The predicted molar refractivity (Wildman–Crippen MR) is 218 cm³/mol. The number of benzene rings is 4. The minimum Gasteiger partial charge on any atom is -0.407 e. The van der Waals surface area contributed by atoms with Gasteiger partial charge < -0.3 is 8.99 Å². The summed E-state index contributed by atoms with van der Waals surface area (Å²) in [6.45, 7) is 9.73. The van der Waals surface area contributed by atoms with Crippen molar-refractivity contribution in [2.75, 3.05) is 6.61 Å². The third-order valence-electron chi connectivity index (χ3n) is 10.3. The lowest BCUT2D eigenvalue weighted by molar-refractivity contribution is -0.118. The molecule has 4 aromatic carbocycles. The zero-order valence-corrected chi connectivity index (χ0v) is 33.1. The second-order valence-electron chi connectivity index (χ2n) is 15.0. The van der Waals surface area contributed by atoms with Crippen LogP contribution in [-0.4, -0.2) is 26.4 Å². The Hall–Kier alpha value is -3.04. The Morgan fingerprint density at radius 2 is 0.900 bits per heavy atom. The molecule has 0 saturated carbocycles. The normalized spacial score (nSPS) is 12.9. The van der Waals surface area contributed by atoms with E-state index in [1.807, 2.05) is 67.6 Å². The second-order valence-corrected chi connectivity index (χ2v) is 22.4. The van der Waals surface area contributed by atoms with Crippen LogP contribution in [0.4, 0.5) is 0 Å². The molecule has 0 aliphatic rings. The molecule has 268 valence electrons. The van der Waals surface area contributed by atoms with Crippen LogP contribution in [0.5, 0.6) is 0 Å². The summed E-state index contributed by atoms with van der Waals surface area (Å²) >= 11 is 0. The number of hydrogen-bond acceptors (Lipinski definition) is 3. The van der Waals surface area contributed by atoms with Crippen LogP contribution < -0.4 is 21.0 Å². The first-order chi connectivity index (χ1) is 24.2. The van der Waals surface area contributed by atoms with E-state index in [1.54, 1.807) is 0 Å². The SMILES string of the molecule is CC(C(=O)CCCCCCCCCCCCCCO[Si](c1ccccc1)(c1ccccc1)C(C)(C)C)P(=O)(c1ccccc1)c1ccccc1. The van der Waals surface area contributed by atoms with E-state index in [-0.39, 0.29) is 10.8 Å². The molecule has 0 radical (unpaired) electrons. The van der Waals surface area contributed by atoms with Gasteiger partial charge in [0.15, 0.2) is 7.14 Å². The highest BCUT2D eigenvalue weighted by atomic mass is 31.2. The Labute approximate surface area is 304 Å². The Bertz CT molecular complexity index is 1490. The molecule has 0 amide bonds. The van der Waals surface area contributed by atoms with Crippen LogP contribution in [-0.2, 0) is 13.8 Å². The number of rotatable bonds is 22. The van der Waals surface area contributed by atoms with E-state index in [1.165, 1.54) is 68.2 Å². The van der Waals surface area contributed by atoms with Crippen molar-refractivity contribution >= 4 is 42.2 Å². The average molecular weight is 709 g/mol. The van der Waals surface area contributed by atoms with Crippen LogP contribution >= 0.6 is 7.14 Å². The van der Waals surface area contributed by atoms with Crippen molar-refractivity contribution in [1.29, 1.82) is 0 Å². The molecule has 0 aromatic heterocycles. The van der Waals surface area contributed by atoms with Gasteiger partial charge in [0.25, 0.3) is 8.32 Å². The highest BCUT2D eigenvalue weighted by Gasteiger charge is 2.50. The van der Waals surface area contributed by atoms with Gasteiger partial charge in [0.2, 0.25) is 0 Å². The Balaban J connectivity index is 1.08. The zero-order valence-electron chi connectivity index (χ0n) is 31.2. The summed E-state index contributed by atoms with van der Waals surface area (Å²) in [6, 6.07) is 41.0. The second kappa shape index (κ2) is 20.1. The van der Waals surface area contributed by atoms with Gasteiger partial charge in [-0.25, -0.2) is 0 Å². The summed E-state index contributed by atoms with van der Waals surface area (Å²) in [4.78, 5) is 13.3. The molecule has 0 bridgehead atoms. The molecular weight excluding hydrogens is 648 g/mol. The number of carbonyl (C=O) groups is 1. The van der Waals surface area contributed by atoms with E-state index in [0.29, 0.717) is 6.42 Å². The van der Waals surface area contributed by atoms with Gasteiger partial charge in [-0.3, -0.25) is 4.79 Å². The topological polar surface area (TPSA) is 43.4 Å². The molecular formula is C45H61O3PSi. The van der Waals surface area contributed by atoms with Gasteiger partial charge >= 0.3 is 0 Å². The van der Waals surface area contributed by atoms with Crippen molar-refractivity contribution in [3.63, 3.8) is 0 Å². The summed E-state index contributed by atoms with van der Waals surface area (Å²) in [6.07, 6.45) is 15.0. The highest BCUT2D eigenvalue weighted by molar-refractivity contribution is 7.80. The first kappa shape index (κ1) is 39.7. The quantitative estimate of drug-likeness (QED) is 0.0464. The van der Waals surface area contributed by atoms with Gasteiger partial charge in [-0.05, 0) is 35.2 Å². The first-order valence-corrected chi connectivity index (χ1v) is 22.9. The average Bonchev–Trinajstić information content (AvgIpc) is 3.15. The number of hydrogen-bond donors (Lipinski definition) is 0. The summed E-state index contributed by atoms with van der Waals surface area (Å²) in [5.74, 6) is 0.121. The summed E-state index contributed by atoms with van der Waals surface area (Å²) < 4.78 is 21.5. The number of unbranched alkanes of at least 4 members (excludes halogenated alkanes) is 11. The van der Waals surface area contributed by atoms with E-state index in [0.717, 1.165) is 36.5 Å². The van der Waals surface area contributed by atoms with Crippen LogP contribution in [0.2, 0.25) is 5.04 Å². The molecule has 0 aliphatic carbocycles. The van der Waals surface area contributed by atoms with E-state index >= 15 is 0 Å². The van der Waals surface area contributed by atoms with E-state index in [2.05, 4.69) is 81.4 Å². The molecule has 0 heterocycles. The van der Waals surface area contributed by atoms with Gasteiger partial charge in [-0.15, -0.1) is 0 Å². The molecule has 1 atom stereocenters. The summed E-state index contributed by atoms with van der Waals surface area (Å²) in [7, 11) is -5.47. The Morgan fingerprint density at radius 1 is 0.560 bits per heavy atom. The third-order valence-corrected chi connectivity index (χ3v) is 18.9. The minimum absolute atomic E-state index is 0.0303. The molecule has 1 unspecified atom stereocenters. The van der Waals surface area contributed by atoms with Crippen LogP contribution in [0.1, 0.15) is 111 Å². The maximum Gasteiger partial charge on any atom is 0.261 e. The number of ketones is 1. The standard InChI is InChI=1S/C45H61O3PSi/c1-39(49(47,40-29-19-15-20-30-40)41-31-21-16-22-32-41)44(46)37-27-13-11-9-7-5-6-8-10-12-14-28-38-48-50(45(2,3)4,42-33-23-17-24-34-42)43-35-25-18-26-36-43/h15-26,29-36,39H,5-14,27-28,37-38H2,1-4H3. The van der Waals surface area contributed by atoms with Crippen molar-refractivity contribution < 1.29 is 13.8 Å². The third kappa shape index (κ3) is 10.5. The van der Waals surface area contributed by atoms with Crippen molar-refractivity contribution in [1.82, 2.24) is 0 Å². The van der Waals surface area contributed by atoms with Gasteiger partial charge in [-0.2, -0.15) is 0 Å². The van der Waals surface area contributed by atoms with E-state index in [4.69, 9.17) is 4.43 Å². The fourth-order valence-electron chi connectivity index (χ4n) is 7.46. The zero-order chi connectivity index (χ0) is 35.7. The van der Waals surface area contributed by atoms with Crippen molar-refractivity contribution in [3.8, 4) is 0 Å². The van der Waals surface area contributed by atoms with Gasteiger partial charge in [-0.1, -0.05) is 206 Å². The van der Waals surface area contributed by atoms with Crippen molar-refractivity contribution in [2.24, 2.45) is 0 Å². The van der Waals surface area contributed by atoms with Crippen molar-refractivity contribution in [3.05, 3.63) is 121 Å². The fourth-order valence-corrected chi connectivity index (χ4v) is 15.0. The van der Waals surface area contributed by atoms with E-state index < -0.39 is 21.1 Å². The van der Waals surface area contributed by atoms with Crippen LogP contribution in [0.25, 0.3) is 0 Å². The highest BCUT2D eigenvalue weighted by Crippen LogP contribution is 2.49. The molecule has 5 heteroatoms. The maximum atomic E-state index is 14.4.